The van der Waals surface area contributed by atoms with E-state index < -0.39 is 5.97 Å². The Balaban J connectivity index is 2.55. The van der Waals surface area contributed by atoms with Gasteiger partial charge in [0.1, 0.15) is 5.01 Å². The standard InChI is InChI=1S/C14H23N3O3S/c1-5-10(6-2)8(3)15-14(20)16-9(4)12-17-11(7-21-12)13(18)19/h7-10H,5-6H2,1-4H3,(H,18,19)(H2,15,16,20). The van der Waals surface area contributed by atoms with E-state index in [0.29, 0.717) is 10.9 Å². The molecule has 0 aliphatic heterocycles. The second-order valence-corrected chi connectivity index (χ2v) is 5.97. The highest BCUT2D eigenvalue weighted by molar-refractivity contribution is 7.09. The van der Waals surface area contributed by atoms with Gasteiger partial charge >= 0.3 is 12.0 Å². The highest BCUT2D eigenvalue weighted by Crippen LogP contribution is 2.18. The summed E-state index contributed by atoms with van der Waals surface area (Å²) in [7, 11) is 0. The van der Waals surface area contributed by atoms with Crippen LogP contribution in [0.15, 0.2) is 5.38 Å². The molecule has 1 rings (SSSR count). The van der Waals surface area contributed by atoms with E-state index in [4.69, 9.17) is 5.11 Å². The first kappa shape index (κ1) is 17.4. The molecule has 2 amide bonds. The molecule has 1 heterocycles. The molecule has 6 nitrogen and oxygen atoms in total. The van der Waals surface area contributed by atoms with Gasteiger partial charge in [-0.15, -0.1) is 11.3 Å². The number of carbonyl (C=O) groups is 2. The third kappa shape index (κ3) is 5.00. The van der Waals surface area contributed by atoms with Gasteiger partial charge in [0.2, 0.25) is 0 Å². The Morgan fingerprint density at radius 3 is 2.38 bits per heavy atom. The van der Waals surface area contributed by atoms with Crippen molar-refractivity contribution in [2.24, 2.45) is 5.92 Å². The molecule has 0 radical (unpaired) electrons. The summed E-state index contributed by atoms with van der Waals surface area (Å²) < 4.78 is 0. The van der Waals surface area contributed by atoms with Gasteiger partial charge in [0.15, 0.2) is 5.69 Å². The van der Waals surface area contributed by atoms with Crippen LogP contribution in [-0.2, 0) is 0 Å². The number of aromatic carboxylic acids is 1. The van der Waals surface area contributed by atoms with Crippen molar-refractivity contribution < 1.29 is 14.7 Å². The second kappa shape index (κ2) is 7.97. The van der Waals surface area contributed by atoms with E-state index in [1.165, 1.54) is 16.7 Å². The van der Waals surface area contributed by atoms with Crippen molar-refractivity contribution >= 4 is 23.3 Å². The number of rotatable bonds is 7. The lowest BCUT2D eigenvalue weighted by molar-refractivity contribution is 0.0691. The van der Waals surface area contributed by atoms with Gasteiger partial charge in [-0.05, 0) is 19.8 Å². The summed E-state index contributed by atoms with van der Waals surface area (Å²) in [5.74, 6) is -0.610. The Bertz CT molecular complexity index is 486. The summed E-state index contributed by atoms with van der Waals surface area (Å²) in [4.78, 5) is 26.7. The zero-order chi connectivity index (χ0) is 16.0. The van der Waals surface area contributed by atoms with Crippen LogP contribution in [0.1, 0.15) is 62.1 Å². The molecule has 0 aliphatic rings. The van der Waals surface area contributed by atoms with E-state index in [9.17, 15) is 9.59 Å². The van der Waals surface area contributed by atoms with Crippen molar-refractivity contribution in [2.75, 3.05) is 0 Å². The van der Waals surface area contributed by atoms with Gasteiger partial charge in [0.25, 0.3) is 0 Å². The number of carboxylic acid groups (broad SMARTS) is 1. The third-order valence-corrected chi connectivity index (χ3v) is 4.60. The average molecular weight is 313 g/mol. The molecule has 0 spiro atoms. The summed E-state index contributed by atoms with van der Waals surface area (Å²) >= 11 is 1.23. The normalized spacial score (nSPS) is 13.8. The van der Waals surface area contributed by atoms with Gasteiger partial charge in [-0.2, -0.15) is 0 Å². The minimum Gasteiger partial charge on any atom is -0.476 e. The van der Waals surface area contributed by atoms with Crippen LogP contribution in [-0.4, -0.2) is 28.1 Å². The Morgan fingerprint density at radius 2 is 1.90 bits per heavy atom. The van der Waals surface area contributed by atoms with Gasteiger partial charge in [-0.1, -0.05) is 26.7 Å². The number of thiazole rings is 1. The van der Waals surface area contributed by atoms with E-state index >= 15 is 0 Å². The molecule has 118 valence electrons. The van der Waals surface area contributed by atoms with Crippen LogP contribution in [0.25, 0.3) is 0 Å². The molecular weight excluding hydrogens is 290 g/mol. The molecule has 0 aromatic carbocycles. The summed E-state index contributed by atoms with van der Waals surface area (Å²) in [6.45, 7) is 7.99. The molecule has 2 atom stereocenters. The predicted octanol–water partition coefficient (Wildman–Crippen LogP) is 3.03. The van der Waals surface area contributed by atoms with E-state index in [2.05, 4.69) is 29.5 Å². The number of hydrogen-bond donors (Lipinski definition) is 3. The molecule has 0 saturated heterocycles. The van der Waals surface area contributed by atoms with E-state index in [1.54, 1.807) is 6.92 Å². The quantitative estimate of drug-likeness (QED) is 0.721. The second-order valence-electron chi connectivity index (χ2n) is 5.08. The van der Waals surface area contributed by atoms with Crippen molar-refractivity contribution in [2.45, 2.75) is 52.6 Å². The summed E-state index contributed by atoms with van der Waals surface area (Å²) in [5.41, 5.74) is 0.00876. The van der Waals surface area contributed by atoms with Crippen molar-refractivity contribution in [1.29, 1.82) is 0 Å². The SMILES string of the molecule is CCC(CC)C(C)NC(=O)NC(C)c1nc(C(=O)O)cs1. The highest BCUT2D eigenvalue weighted by Gasteiger charge is 2.19. The predicted molar refractivity (Wildman–Crippen MR) is 82.7 cm³/mol. The van der Waals surface area contributed by atoms with Gasteiger partial charge in [-0.25, -0.2) is 14.6 Å². The largest absolute Gasteiger partial charge is 0.476 e. The zero-order valence-electron chi connectivity index (χ0n) is 12.8. The van der Waals surface area contributed by atoms with Crippen molar-refractivity contribution in [3.8, 4) is 0 Å². The topological polar surface area (TPSA) is 91.3 Å². The molecule has 0 saturated carbocycles. The van der Waals surface area contributed by atoms with Crippen LogP contribution in [0.3, 0.4) is 0 Å². The fraction of sp³-hybridized carbons (Fsp3) is 0.643. The molecule has 2 unspecified atom stereocenters. The van der Waals surface area contributed by atoms with Crippen molar-refractivity contribution in [3.63, 3.8) is 0 Å². The van der Waals surface area contributed by atoms with E-state index in [-0.39, 0.29) is 23.8 Å². The molecule has 1 aromatic heterocycles. The van der Waals surface area contributed by atoms with Crippen LogP contribution >= 0.6 is 11.3 Å². The lowest BCUT2D eigenvalue weighted by Gasteiger charge is -2.23. The summed E-state index contributed by atoms with van der Waals surface area (Å²) in [5, 5.41) is 16.6. The van der Waals surface area contributed by atoms with Crippen LogP contribution in [0.2, 0.25) is 0 Å². The molecule has 1 aromatic rings. The van der Waals surface area contributed by atoms with Gasteiger partial charge in [0.05, 0.1) is 6.04 Å². The van der Waals surface area contributed by atoms with Crippen LogP contribution in [0.4, 0.5) is 4.79 Å². The Morgan fingerprint density at radius 1 is 1.29 bits per heavy atom. The van der Waals surface area contributed by atoms with Crippen molar-refractivity contribution in [1.82, 2.24) is 15.6 Å². The number of hydrogen-bond acceptors (Lipinski definition) is 4. The minimum atomic E-state index is -1.06. The monoisotopic (exact) mass is 313 g/mol. The Hall–Kier alpha value is -1.63. The maximum atomic E-state index is 12.0. The number of nitrogens with zero attached hydrogens (tertiary/aromatic N) is 1. The zero-order valence-corrected chi connectivity index (χ0v) is 13.7. The number of amides is 2. The highest BCUT2D eigenvalue weighted by atomic mass is 32.1. The maximum absolute atomic E-state index is 12.0. The third-order valence-electron chi connectivity index (χ3n) is 3.57. The molecule has 0 fully saturated rings. The molecule has 0 bridgehead atoms. The Kier molecular flexibility index (Phi) is 6.61. The smallest absolute Gasteiger partial charge is 0.355 e. The Labute approximate surface area is 129 Å². The summed E-state index contributed by atoms with van der Waals surface area (Å²) in [6.07, 6.45) is 2.03. The van der Waals surface area contributed by atoms with Gasteiger partial charge in [-0.3, -0.25) is 0 Å². The number of carboxylic acids is 1. The molecule has 7 heteroatoms. The first-order valence-corrected chi connectivity index (χ1v) is 8.02. The van der Waals surface area contributed by atoms with Crippen LogP contribution in [0.5, 0.6) is 0 Å². The maximum Gasteiger partial charge on any atom is 0.355 e. The van der Waals surface area contributed by atoms with Gasteiger partial charge in [0, 0.05) is 11.4 Å². The van der Waals surface area contributed by atoms with Crippen molar-refractivity contribution in [3.05, 3.63) is 16.1 Å². The molecule has 3 N–H and O–H groups in total. The lowest BCUT2D eigenvalue weighted by Crippen LogP contribution is -2.44. The van der Waals surface area contributed by atoms with Crippen LogP contribution in [0, 0.1) is 5.92 Å². The number of aromatic nitrogens is 1. The number of urea groups is 1. The fourth-order valence-electron chi connectivity index (χ4n) is 2.21. The fourth-order valence-corrected chi connectivity index (χ4v) is 3.01. The van der Waals surface area contributed by atoms with E-state index in [0.717, 1.165) is 12.8 Å². The molecule has 21 heavy (non-hydrogen) atoms. The molecule has 0 aliphatic carbocycles. The summed E-state index contributed by atoms with van der Waals surface area (Å²) in [6, 6.07) is -0.482. The van der Waals surface area contributed by atoms with Crippen LogP contribution < -0.4 is 10.6 Å². The minimum absolute atomic E-state index is 0.00876. The van der Waals surface area contributed by atoms with Gasteiger partial charge < -0.3 is 15.7 Å². The number of carbonyl (C=O) groups excluding carboxylic acids is 1. The van der Waals surface area contributed by atoms with E-state index in [1.807, 2.05) is 6.92 Å². The number of nitrogens with one attached hydrogen (secondary N) is 2. The average Bonchev–Trinajstić information content (AvgIpc) is 2.89. The lowest BCUT2D eigenvalue weighted by atomic mass is 9.96. The molecular formula is C14H23N3O3S. The first-order chi connectivity index (χ1) is 9.88. The first-order valence-electron chi connectivity index (χ1n) is 7.14.